The molecule has 0 unspecified atom stereocenters. The van der Waals surface area contributed by atoms with Crippen LogP contribution in [0.1, 0.15) is 157 Å². The molecular weight excluding hydrogens is 1390 g/mol. The maximum absolute atomic E-state index is 12.9. The molecule has 9 N–H and O–H groups in total. The predicted molar refractivity (Wildman–Crippen MR) is 385 cm³/mol. The number of rotatable bonds is 15. The van der Waals surface area contributed by atoms with Crippen LogP contribution in [0.4, 0.5) is 0 Å². The highest BCUT2D eigenvalue weighted by Crippen LogP contribution is 2.34. The van der Waals surface area contributed by atoms with Crippen molar-refractivity contribution in [3.8, 4) is 23.0 Å². The van der Waals surface area contributed by atoms with Gasteiger partial charge in [-0.3, -0.25) is 19.2 Å². The van der Waals surface area contributed by atoms with Crippen LogP contribution in [0.5, 0.6) is 23.0 Å². The maximum atomic E-state index is 12.9. The first kappa shape index (κ1) is 85.1. The second-order valence-electron chi connectivity index (χ2n) is 23.5. The molecular formula is C68H96BrClN4O17S4. The number of aromatic carboxylic acids is 1. The van der Waals surface area contributed by atoms with E-state index in [1.165, 1.54) is 27.4 Å². The molecule has 0 saturated carbocycles. The third kappa shape index (κ3) is 25.7. The lowest BCUT2D eigenvalue weighted by Crippen LogP contribution is -2.57. The highest BCUT2D eigenvalue weighted by molar-refractivity contribution is 9.09. The van der Waals surface area contributed by atoms with Gasteiger partial charge in [0.15, 0.2) is 0 Å². The van der Waals surface area contributed by atoms with Crippen molar-refractivity contribution in [1.29, 1.82) is 0 Å². The average molecular weight is 1490 g/mol. The highest BCUT2D eigenvalue weighted by Gasteiger charge is 2.45. The number of hydrogen-bond donors (Lipinski definition) is 8. The van der Waals surface area contributed by atoms with Crippen LogP contribution in [-0.4, -0.2) is 175 Å². The zero-order valence-electron chi connectivity index (χ0n) is 56.6. The smallest absolute Gasteiger partial charge is 0.339 e. The Hall–Kier alpha value is -6.03. The molecule has 4 aromatic carbocycles. The number of nitrogens with two attached hydrogens (primary N) is 1. The van der Waals surface area contributed by atoms with E-state index in [2.05, 4.69) is 50.5 Å². The largest absolute Gasteiger partial charge is 0.507 e. The van der Waals surface area contributed by atoms with Crippen LogP contribution in [0.3, 0.4) is 0 Å². The van der Waals surface area contributed by atoms with Gasteiger partial charge >= 0.3 is 29.8 Å². The number of amides is 3. The molecule has 3 amide bonds. The number of nitrogens with one attached hydrogen (secondary N) is 3. The SMILES string of the molecule is CC(C)Br.COC(=O)C1(N)CCSCC1.COC(=O)C1(NC(=O)c2cccc(C)c2O)CCSCC1.COC(=O)C1(NC(=O)c2cccc(C)c2OC(C)C)CCSCC1.Cc1cccc(C(=O)NC2(C(=O)O)CCSCC2)c1OC(C)C.Cc1cccc(C(=O)O)c1O.Cl. The number of phenolic OH excluding ortho intramolecular Hbond substituents is 1. The van der Waals surface area contributed by atoms with Gasteiger partial charge in [-0.1, -0.05) is 78.3 Å². The number of halogens is 2. The number of thioether (sulfide) groups is 4. The van der Waals surface area contributed by atoms with Crippen LogP contribution in [0.15, 0.2) is 72.8 Å². The van der Waals surface area contributed by atoms with Crippen molar-refractivity contribution in [1.82, 2.24) is 16.0 Å². The van der Waals surface area contributed by atoms with Gasteiger partial charge in [0.25, 0.3) is 17.7 Å². The summed E-state index contributed by atoms with van der Waals surface area (Å²) in [6.07, 6.45) is 4.45. The van der Waals surface area contributed by atoms with E-state index in [0.29, 0.717) is 77.1 Å². The number of aliphatic carboxylic acids is 1. The molecule has 0 aromatic heterocycles. The summed E-state index contributed by atoms with van der Waals surface area (Å²) < 4.78 is 26.0. The third-order valence-electron chi connectivity index (χ3n) is 15.2. The van der Waals surface area contributed by atoms with E-state index < -0.39 is 51.9 Å². The molecule has 21 nitrogen and oxygen atoms in total. The maximum Gasteiger partial charge on any atom is 0.339 e. The molecule has 0 spiro atoms. The van der Waals surface area contributed by atoms with E-state index in [1.807, 2.05) is 71.5 Å². The van der Waals surface area contributed by atoms with Gasteiger partial charge in [0.2, 0.25) is 0 Å². The molecule has 4 fully saturated rings. The molecule has 4 heterocycles. The van der Waals surface area contributed by atoms with Crippen molar-refractivity contribution in [2.75, 3.05) is 67.4 Å². The number of ether oxygens (including phenoxy) is 5. The summed E-state index contributed by atoms with van der Waals surface area (Å²) in [6, 6.07) is 20.4. The number of para-hydroxylation sites is 4. The number of aromatic hydroxyl groups is 2. The number of benzene rings is 4. The molecule has 4 aliphatic heterocycles. The van der Waals surface area contributed by atoms with Crippen molar-refractivity contribution >= 4 is 123 Å². The minimum Gasteiger partial charge on any atom is -0.507 e. The van der Waals surface area contributed by atoms with Gasteiger partial charge < -0.3 is 65.8 Å². The molecule has 95 heavy (non-hydrogen) atoms. The van der Waals surface area contributed by atoms with E-state index in [9.17, 15) is 53.7 Å². The van der Waals surface area contributed by atoms with Crippen LogP contribution in [0, 0.1) is 27.7 Å². The van der Waals surface area contributed by atoms with Gasteiger partial charge in [-0.05, 0) is 199 Å². The molecule has 0 atom stereocenters. The van der Waals surface area contributed by atoms with E-state index in [1.54, 1.807) is 97.7 Å². The number of carbonyl (C=O) groups is 8. The average Bonchev–Trinajstić information content (AvgIpc) is 0.821. The predicted octanol–water partition coefficient (Wildman–Crippen LogP) is 11.7. The number of carboxylic acid groups (broad SMARTS) is 2. The van der Waals surface area contributed by atoms with E-state index in [0.717, 1.165) is 70.0 Å². The van der Waals surface area contributed by atoms with Crippen LogP contribution in [-0.2, 0) is 33.4 Å². The van der Waals surface area contributed by atoms with E-state index >= 15 is 0 Å². The molecule has 4 aliphatic rings. The first-order chi connectivity index (χ1) is 44.3. The van der Waals surface area contributed by atoms with Gasteiger partial charge in [0.1, 0.15) is 50.7 Å². The normalized spacial score (nSPS) is 16.1. The summed E-state index contributed by atoms with van der Waals surface area (Å²) in [7, 11) is 4.07. The Balaban J connectivity index is 0.000000409. The van der Waals surface area contributed by atoms with Gasteiger partial charge in [0.05, 0.1) is 50.2 Å². The summed E-state index contributed by atoms with van der Waals surface area (Å²) in [5, 5.41) is 45.8. The second kappa shape index (κ2) is 41.3. The monoisotopic (exact) mass is 1480 g/mol. The summed E-state index contributed by atoms with van der Waals surface area (Å²) >= 11 is 10.3. The Morgan fingerprint density at radius 2 is 0.726 bits per heavy atom. The van der Waals surface area contributed by atoms with E-state index in [-0.39, 0.29) is 65.1 Å². The number of aryl methyl sites for hydroxylation is 4. The minimum absolute atomic E-state index is 0. The zero-order valence-corrected chi connectivity index (χ0v) is 62.2. The molecule has 8 rings (SSSR count). The van der Waals surface area contributed by atoms with E-state index in [4.69, 9.17) is 29.8 Å². The topological polar surface area (TPSA) is 326 Å². The zero-order chi connectivity index (χ0) is 70.6. The van der Waals surface area contributed by atoms with Crippen LogP contribution < -0.4 is 31.2 Å². The third-order valence-corrected chi connectivity index (χ3v) is 19.1. The first-order valence-electron chi connectivity index (χ1n) is 30.8. The van der Waals surface area contributed by atoms with Crippen molar-refractivity contribution in [2.45, 2.75) is 160 Å². The summed E-state index contributed by atoms with van der Waals surface area (Å²) in [6.45, 7) is 18.9. The molecule has 4 aromatic rings. The Morgan fingerprint density at radius 1 is 0.453 bits per heavy atom. The summed E-state index contributed by atoms with van der Waals surface area (Å²) in [4.78, 5) is 96.3. The first-order valence-corrected chi connectivity index (χ1v) is 36.4. The molecule has 0 bridgehead atoms. The van der Waals surface area contributed by atoms with Crippen molar-refractivity contribution in [2.24, 2.45) is 5.73 Å². The fourth-order valence-electron chi connectivity index (χ4n) is 9.82. The fourth-order valence-corrected chi connectivity index (χ4v) is 14.6. The lowest BCUT2D eigenvalue weighted by atomic mass is 9.91. The van der Waals surface area contributed by atoms with Gasteiger partial charge in [-0.25, -0.2) is 19.2 Å². The van der Waals surface area contributed by atoms with Crippen LogP contribution >= 0.6 is 75.4 Å². The highest BCUT2D eigenvalue weighted by atomic mass is 79.9. The van der Waals surface area contributed by atoms with Crippen molar-refractivity contribution in [3.63, 3.8) is 0 Å². The van der Waals surface area contributed by atoms with Crippen molar-refractivity contribution in [3.05, 3.63) is 117 Å². The summed E-state index contributed by atoms with van der Waals surface area (Å²) in [5.74, 6) is 3.19. The number of carboxylic acids is 2. The number of phenols is 2. The number of hydrogen-bond acceptors (Lipinski definition) is 20. The minimum atomic E-state index is -1.18. The Labute approximate surface area is 590 Å². The second-order valence-corrected chi connectivity index (χ2v) is 30.2. The molecule has 0 radical (unpaired) electrons. The number of esters is 3. The summed E-state index contributed by atoms with van der Waals surface area (Å²) in [5.41, 5.74) is 5.91. The van der Waals surface area contributed by atoms with Gasteiger partial charge in [0, 0.05) is 4.83 Å². The lowest BCUT2D eigenvalue weighted by molar-refractivity contribution is -0.149. The molecule has 27 heteroatoms. The molecule has 4 saturated heterocycles. The number of alkyl halides is 1. The van der Waals surface area contributed by atoms with Crippen LogP contribution in [0.2, 0.25) is 0 Å². The van der Waals surface area contributed by atoms with Gasteiger partial charge in [-0.2, -0.15) is 47.0 Å². The molecule has 528 valence electrons. The van der Waals surface area contributed by atoms with Crippen molar-refractivity contribution < 1.29 is 82.5 Å². The Morgan fingerprint density at radius 3 is 1.03 bits per heavy atom. The number of methoxy groups -OCH3 is 3. The lowest BCUT2D eigenvalue weighted by Gasteiger charge is -2.35. The Kier molecular flexibility index (Phi) is 37.0. The Bertz CT molecular complexity index is 3180. The van der Waals surface area contributed by atoms with Crippen LogP contribution in [0.25, 0.3) is 0 Å². The molecule has 0 aliphatic carbocycles. The quantitative estimate of drug-likeness (QED) is 0.0311. The fraction of sp³-hybridized carbons (Fsp3) is 0.529. The number of carbonyl (C=O) groups excluding carboxylic acids is 6. The van der Waals surface area contributed by atoms with Gasteiger partial charge in [-0.15, -0.1) is 12.4 Å². The standard InChI is InChI=1S/C18H25NO4S.C17H23NO4S.C15H19NO4S.C8H8O3.C7H13NO2S.C3H7Br.ClH/c1-12(2)23-15-13(3)6-5-7-14(15)16(20)19-18(17(21)22-4)8-10-24-11-9-18;1-11(2)22-14-12(3)5-4-6-13(14)15(19)18-17(16(20)21)7-9-23-10-8-17;1-10-4-3-5-11(12(10)17)13(18)16-15(14(19)20-2)6-8-21-9-7-15;1-5-3-2-4-6(7(5)9)8(10)11;1-10-6(9)7(8)2-4-11-5-3-7;1-3(2)4;/h5-7,12H,8-11H2,1-4H3,(H,19,20);4-6,11H,7-10H2,1-3H3,(H,18,19)(H,20,21);3-5,17H,6-9H2,1-2H3,(H,16,18);2-4,9H,1H3,(H,10,11);2-5,8H2,1H3;3H,1-2H3;1H.